The molecule has 6 heteroatoms. The van der Waals surface area contributed by atoms with Crippen LogP contribution in [0.2, 0.25) is 0 Å². The summed E-state index contributed by atoms with van der Waals surface area (Å²) in [4.78, 5) is 35.1. The molecule has 2 amide bonds. The van der Waals surface area contributed by atoms with Crippen LogP contribution in [-0.2, 0) is 22.6 Å². The molecule has 2 aliphatic heterocycles. The summed E-state index contributed by atoms with van der Waals surface area (Å²) in [6, 6.07) is 21.1. The number of benzene rings is 2. The third-order valence-electron chi connectivity index (χ3n) is 6.19. The Kier molecular flexibility index (Phi) is 6.12. The molecule has 0 fully saturated rings. The summed E-state index contributed by atoms with van der Waals surface area (Å²) in [5.41, 5.74) is 4.43. The highest BCUT2D eigenvalue weighted by Gasteiger charge is 2.42. The van der Waals surface area contributed by atoms with Gasteiger partial charge in [0, 0.05) is 18.4 Å². The molecule has 3 heterocycles. The van der Waals surface area contributed by atoms with Gasteiger partial charge in [0.05, 0.1) is 24.4 Å². The fourth-order valence-corrected chi connectivity index (χ4v) is 4.57. The van der Waals surface area contributed by atoms with Crippen molar-refractivity contribution in [3.05, 3.63) is 95.4 Å². The first kappa shape index (κ1) is 21.9. The third kappa shape index (κ3) is 4.07. The van der Waals surface area contributed by atoms with E-state index in [0.717, 1.165) is 30.7 Å². The fraction of sp³-hybridized carbons (Fsp3) is 0.250. The second kappa shape index (κ2) is 9.51. The molecule has 0 bridgehead atoms. The van der Waals surface area contributed by atoms with Gasteiger partial charge < -0.3 is 9.64 Å². The number of aromatic nitrogens is 1. The highest BCUT2D eigenvalue weighted by atomic mass is 16.5. The molecule has 0 unspecified atom stereocenters. The zero-order valence-corrected chi connectivity index (χ0v) is 19.2. The van der Waals surface area contributed by atoms with Crippen molar-refractivity contribution in [3.63, 3.8) is 0 Å². The van der Waals surface area contributed by atoms with Crippen LogP contribution in [0.25, 0.3) is 5.57 Å². The maximum atomic E-state index is 13.8. The lowest BCUT2D eigenvalue weighted by Gasteiger charge is -2.32. The number of hydrogen-bond acceptors (Lipinski definition) is 5. The number of fused-ring (bicyclic) bond motifs is 1. The number of nitrogens with zero attached hydrogens (tertiary/aromatic N) is 3. The average molecular weight is 454 g/mol. The first-order valence-corrected chi connectivity index (χ1v) is 11.8. The Morgan fingerprint density at radius 3 is 2.50 bits per heavy atom. The standard InChI is InChI=1S/C28H27N3O3/c1-2-18-34-23-14-12-21(13-15-23)25-26(30-17-7-9-20-8-3-4-11-24(20)30)28(33)31(27(25)32)19-22-10-5-6-16-29-22/h3-6,8,10-16H,2,7,9,17-19H2,1H3. The van der Waals surface area contributed by atoms with E-state index < -0.39 is 0 Å². The average Bonchev–Trinajstić information content (AvgIpc) is 3.12. The van der Waals surface area contributed by atoms with Crippen molar-refractivity contribution in [2.24, 2.45) is 0 Å². The summed E-state index contributed by atoms with van der Waals surface area (Å²) < 4.78 is 5.71. The SMILES string of the molecule is CCCOc1ccc(C2=C(N3CCCc4ccccc43)C(=O)N(Cc3ccccn3)C2=O)cc1. The smallest absolute Gasteiger partial charge is 0.278 e. The Labute approximate surface area is 199 Å². The number of anilines is 1. The Morgan fingerprint density at radius 1 is 0.941 bits per heavy atom. The number of amides is 2. The molecule has 0 atom stereocenters. The van der Waals surface area contributed by atoms with Gasteiger partial charge in [0.2, 0.25) is 0 Å². The predicted molar refractivity (Wildman–Crippen MR) is 131 cm³/mol. The molecule has 0 N–H and O–H groups in total. The molecule has 0 saturated carbocycles. The van der Waals surface area contributed by atoms with E-state index in [4.69, 9.17) is 4.74 Å². The lowest BCUT2D eigenvalue weighted by molar-refractivity contribution is -0.137. The van der Waals surface area contributed by atoms with E-state index in [1.165, 1.54) is 10.5 Å². The van der Waals surface area contributed by atoms with Gasteiger partial charge in [-0.05, 0) is 60.7 Å². The molecule has 172 valence electrons. The number of aryl methyl sites for hydroxylation is 1. The number of rotatable bonds is 7. The molecular formula is C28H27N3O3. The van der Waals surface area contributed by atoms with E-state index in [9.17, 15) is 9.59 Å². The Morgan fingerprint density at radius 2 is 1.74 bits per heavy atom. The van der Waals surface area contributed by atoms with Gasteiger partial charge in [-0.15, -0.1) is 0 Å². The van der Waals surface area contributed by atoms with Crippen LogP contribution in [0.1, 0.15) is 36.6 Å². The molecule has 0 radical (unpaired) electrons. The minimum Gasteiger partial charge on any atom is -0.494 e. The summed E-state index contributed by atoms with van der Waals surface area (Å²) in [7, 11) is 0. The first-order valence-electron chi connectivity index (χ1n) is 11.8. The van der Waals surface area contributed by atoms with Crippen molar-refractivity contribution in [1.29, 1.82) is 0 Å². The number of imide groups is 1. The summed E-state index contributed by atoms with van der Waals surface area (Å²) in [5, 5.41) is 0. The number of carbonyl (C=O) groups is 2. The molecule has 2 aliphatic rings. The zero-order chi connectivity index (χ0) is 23.5. The van der Waals surface area contributed by atoms with Crippen molar-refractivity contribution >= 4 is 23.1 Å². The van der Waals surface area contributed by atoms with Gasteiger partial charge >= 0.3 is 0 Å². The summed E-state index contributed by atoms with van der Waals surface area (Å²) in [6.45, 7) is 3.51. The third-order valence-corrected chi connectivity index (χ3v) is 6.19. The minimum absolute atomic E-state index is 0.138. The second-order valence-electron chi connectivity index (χ2n) is 8.50. The monoisotopic (exact) mass is 453 g/mol. The molecule has 0 saturated heterocycles. The Hall–Kier alpha value is -3.93. The molecule has 3 aromatic rings. The number of para-hydroxylation sites is 1. The quantitative estimate of drug-likeness (QED) is 0.489. The van der Waals surface area contributed by atoms with E-state index in [0.29, 0.717) is 35.7 Å². The van der Waals surface area contributed by atoms with Crippen LogP contribution in [0, 0.1) is 0 Å². The highest BCUT2D eigenvalue weighted by Crippen LogP contribution is 2.38. The van der Waals surface area contributed by atoms with Crippen LogP contribution >= 0.6 is 0 Å². The van der Waals surface area contributed by atoms with Crippen LogP contribution in [-0.4, -0.2) is 34.8 Å². The largest absolute Gasteiger partial charge is 0.494 e. The first-order chi connectivity index (χ1) is 16.7. The molecule has 34 heavy (non-hydrogen) atoms. The van der Waals surface area contributed by atoms with Gasteiger partial charge in [0.15, 0.2) is 0 Å². The summed E-state index contributed by atoms with van der Waals surface area (Å²) in [6.07, 6.45) is 4.46. The van der Waals surface area contributed by atoms with Crippen molar-refractivity contribution in [1.82, 2.24) is 9.88 Å². The lowest BCUT2D eigenvalue weighted by atomic mass is 9.98. The second-order valence-corrected chi connectivity index (χ2v) is 8.50. The minimum atomic E-state index is -0.295. The van der Waals surface area contributed by atoms with Gasteiger partial charge in [-0.25, -0.2) is 0 Å². The topological polar surface area (TPSA) is 62.7 Å². The van der Waals surface area contributed by atoms with Gasteiger partial charge in [-0.2, -0.15) is 0 Å². The van der Waals surface area contributed by atoms with E-state index in [1.54, 1.807) is 6.20 Å². The highest BCUT2D eigenvalue weighted by molar-refractivity contribution is 6.36. The van der Waals surface area contributed by atoms with Crippen LogP contribution in [0.5, 0.6) is 5.75 Å². The number of ether oxygens (including phenoxy) is 1. The molecule has 6 nitrogen and oxygen atoms in total. The van der Waals surface area contributed by atoms with Crippen LogP contribution in [0.3, 0.4) is 0 Å². The molecule has 0 spiro atoms. The number of pyridine rings is 1. The van der Waals surface area contributed by atoms with Crippen molar-refractivity contribution in [2.45, 2.75) is 32.7 Å². The van der Waals surface area contributed by atoms with E-state index in [1.807, 2.05) is 65.6 Å². The maximum absolute atomic E-state index is 13.8. The fourth-order valence-electron chi connectivity index (χ4n) is 4.57. The summed E-state index contributed by atoms with van der Waals surface area (Å²) in [5.74, 6) is 0.169. The predicted octanol–water partition coefficient (Wildman–Crippen LogP) is 4.60. The Bertz CT molecular complexity index is 1240. The van der Waals surface area contributed by atoms with Crippen LogP contribution < -0.4 is 9.64 Å². The van der Waals surface area contributed by atoms with Crippen molar-refractivity contribution < 1.29 is 14.3 Å². The molecule has 2 aromatic carbocycles. The van der Waals surface area contributed by atoms with Crippen molar-refractivity contribution in [3.8, 4) is 5.75 Å². The normalized spacial score (nSPS) is 15.7. The lowest BCUT2D eigenvalue weighted by Crippen LogP contribution is -2.37. The van der Waals surface area contributed by atoms with Gasteiger partial charge in [-0.1, -0.05) is 43.3 Å². The van der Waals surface area contributed by atoms with Crippen LogP contribution in [0.15, 0.2) is 78.6 Å². The molecule has 1 aromatic heterocycles. The van der Waals surface area contributed by atoms with E-state index >= 15 is 0 Å². The van der Waals surface area contributed by atoms with Gasteiger partial charge in [0.25, 0.3) is 11.8 Å². The van der Waals surface area contributed by atoms with E-state index in [-0.39, 0.29) is 18.4 Å². The molecule has 5 rings (SSSR count). The number of carbonyl (C=O) groups excluding carboxylic acids is 2. The van der Waals surface area contributed by atoms with Gasteiger partial charge in [-0.3, -0.25) is 19.5 Å². The van der Waals surface area contributed by atoms with Gasteiger partial charge in [0.1, 0.15) is 11.4 Å². The van der Waals surface area contributed by atoms with Crippen LogP contribution in [0.4, 0.5) is 5.69 Å². The summed E-state index contributed by atoms with van der Waals surface area (Å²) >= 11 is 0. The van der Waals surface area contributed by atoms with Crippen molar-refractivity contribution in [2.75, 3.05) is 18.1 Å². The molecular weight excluding hydrogens is 426 g/mol. The van der Waals surface area contributed by atoms with E-state index in [2.05, 4.69) is 18.0 Å². The number of hydrogen-bond donors (Lipinski definition) is 0. The maximum Gasteiger partial charge on any atom is 0.278 e. The molecule has 0 aliphatic carbocycles. The zero-order valence-electron chi connectivity index (χ0n) is 19.2. The Balaban J connectivity index is 1.58.